The van der Waals surface area contributed by atoms with Gasteiger partial charge >= 0.3 is 0 Å². The molecule has 1 amide bonds. The number of rotatable bonds is 6. The summed E-state index contributed by atoms with van der Waals surface area (Å²) >= 11 is 0. The number of nitrogens with zero attached hydrogens (tertiary/aromatic N) is 5. The number of aromatic nitrogens is 4. The van der Waals surface area contributed by atoms with Crippen molar-refractivity contribution in [2.24, 2.45) is 0 Å². The minimum absolute atomic E-state index is 0.0587. The number of piperidine rings is 1. The van der Waals surface area contributed by atoms with Crippen LogP contribution < -0.4 is 4.74 Å². The molecule has 4 aromatic rings. The van der Waals surface area contributed by atoms with Crippen LogP contribution in [0, 0.1) is 13.8 Å². The van der Waals surface area contributed by atoms with E-state index in [0.29, 0.717) is 19.0 Å². The predicted octanol–water partition coefficient (Wildman–Crippen LogP) is 5.15. The lowest BCUT2D eigenvalue weighted by molar-refractivity contribution is 0.0704. The summed E-state index contributed by atoms with van der Waals surface area (Å²) in [5.74, 6) is 2.34. The van der Waals surface area contributed by atoms with Gasteiger partial charge in [0, 0.05) is 49.7 Å². The highest BCUT2D eigenvalue weighted by Crippen LogP contribution is 2.29. The maximum absolute atomic E-state index is 13.6. The number of amides is 1. The minimum atomic E-state index is 0.0587. The quantitative estimate of drug-likeness (QED) is 0.392. The van der Waals surface area contributed by atoms with Crippen molar-refractivity contribution in [1.82, 2.24) is 24.4 Å². The topological polar surface area (TPSA) is 73.1 Å². The Labute approximate surface area is 205 Å². The largest absolute Gasteiger partial charge is 0.437 e. The number of hydrogen-bond acceptors (Lipinski definition) is 5. The van der Waals surface area contributed by atoms with E-state index in [9.17, 15) is 4.79 Å². The Morgan fingerprint density at radius 2 is 1.91 bits per heavy atom. The molecule has 2 aromatic heterocycles. The zero-order valence-corrected chi connectivity index (χ0v) is 20.1. The fourth-order valence-corrected chi connectivity index (χ4v) is 4.59. The fourth-order valence-electron chi connectivity index (χ4n) is 4.59. The summed E-state index contributed by atoms with van der Waals surface area (Å²) in [6, 6.07) is 15.7. The molecule has 0 unspecified atom stereocenters. The Morgan fingerprint density at radius 1 is 1.09 bits per heavy atom. The van der Waals surface area contributed by atoms with Crippen molar-refractivity contribution in [2.75, 3.05) is 13.1 Å². The Hall–Kier alpha value is -4.00. The number of para-hydroxylation sites is 1. The molecule has 35 heavy (non-hydrogen) atoms. The highest BCUT2D eigenvalue weighted by molar-refractivity contribution is 5.95. The number of imidazole rings is 1. The Morgan fingerprint density at radius 3 is 2.74 bits per heavy atom. The van der Waals surface area contributed by atoms with Gasteiger partial charge in [-0.15, -0.1) is 0 Å². The van der Waals surface area contributed by atoms with Gasteiger partial charge in [-0.05, 0) is 49.9 Å². The monoisotopic (exact) mass is 467 g/mol. The molecule has 1 aliphatic rings. The van der Waals surface area contributed by atoms with Gasteiger partial charge in [-0.1, -0.05) is 36.4 Å². The third kappa shape index (κ3) is 5.09. The van der Waals surface area contributed by atoms with Gasteiger partial charge in [0.2, 0.25) is 5.88 Å². The van der Waals surface area contributed by atoms with Crippen LogP contribution in [0.5, 0.6) is 11.6 Å². The number of hydrogen-bond donors (Lipinski definition) is 0. The van der Waals surface area contributed by atoms with E-state index in [4.69, 9.17) is 9.72 Å². The molecule has 1 aliphatic heterocycles. The second-order valence-electron chi connectivity index (χ2n) is 9.00. The molecule has 2 aromatic carbocycles. The minimum Gasteiger partial charge on any atom is -0.437 e. The lowest BCUT2D eigenvalue weighted by Crippen LogP contribution is -2.39. The molecule has 178 valence electrons. The van der Waals surface area contributed by atoms with E-state index < -0.39 is 0 Å². The van der Waals surface area contributed by atoms with E-state index in [1.54, 1.807) is 18.6 Å². The average molecular weight is 468 g/mol. The summed E-state index contributed by atoms with van der Waals surface area (Å²) in [7, 11) is 0. The number of likely N-dealkylation sites (tertiary alicyclic amines) is 1. The van der Waals surface area contributed by atoms with Gasteiger partial charge in [0.1, 0.15) is 11.6 Å². The van der Waals surface area contributed by atoms with E-state index in [0.717, 1.165) is 53.3 Å². The second-order valence-corrected chi connectivity index (χ2v) is 9.00. The lowest BCUT2D eigenvalue weighted by Gasteiger charge is -2.33. The number of carbonyl (C=O) groups is 1. The van der Waals surface area contributed by atoms with Crippen molar-refractivity contribution >= 4 is 5.91 Å². The van der Waals surface area contributed by atoms with Crippen LogP contribution in [0.3, 0.4) is 0 Å². The van der Waals surface area contributed by atoms with Gasteiger partial charge in [-0.3, -0.25) is 9.78 Å². The molecule has 7 nitrogen and oxygen atoms in total. The standard InChI is InChI=1S/C28H29N5O2/c1-20-8-3-6-12-26(20)35-27-17-29-16-25(31-27)23-10-7-14-33(19-23)28(34)24-11-5-4-9-22(24)18-32-15-13-30-21(32)2/h3-6,8-9,11-13,15-17,23H,7,10,14,18-19H2,1-2H3/t23-/m1/s1. The van der Waals surface area contributed by atoms with Crippen molar-refractivity contribution in [3.8, 4) is 11.6 Å². The highest BCUT2D eigenvalue weighted by Gasteiger charge is 2.28. The van der Waals surface area contributed by atoms with Gasteiger partial charge < -0.3 is 14.2 Å². The first kappa shape index (κ1) is 22.8. The summed E-state index contributed by atoms with van der Waals surface area (Å²) in [4.78, 5) is 29.0. The van der Waals surface area contributed by atoms with Crippen LogP contribution in [0.15, 0.2) is 73.3 Å². The zero-order chi connectivity index (χ0) is 24.2. The van der Waals surface area contributed by atoms with Crippen molar-refractivity contribution in [3.05, 3.63) is 102 Å². The van der Waals surface area contributed by atoms with Gasteiger partial charge in [-0.25, -0.2) is 9.97 Å². The third-order valence-corrected chi connectivity index (χ3v) is 6.58. The molecule has 1 saturated heterocycles. The summed E-state index contributed by atoms with van der Waals surface area (Å²) in [6.45, 7) is 5.94. The molecule has 0 aliphatic carbocycles. The summed E-state index contributed by atoms with van der Waals surface area (Å²) in [5, 5.41) is 0. The normalized spacial score (nSPS) is 15.7. The molecule has 1 atom stereocenters. The highest BCUT2D eigenvalue weighted by atomic mass is 16.5. The van der Waals surface area contributed by atoms with Gasteiger partial charge in [0.25, 0.3) is 5.91 Å². The van der Waals surface area contributed by atoms with Crippen LogP contribution in [0.4, 0.5) is 0 Å². The van der Waals surface area contributed by atoms with Crippen LogP contribution in [-0.2, 0) is 6.54 Å². The number of ether oxygens (including phenoxy) is 1. The van der Waals surface area contributed by atoms with Crippen LogP contribution in [0.1, 0.15) is 51.8 Å². The maximum Gasteiger partial charge on any atom is 0.254 e. The van der Waals surface area contributed by atoms with E-state index in [-0.39, 0.29) is 11.8 Å². The molecule has 7 heteroatoms. The smallest absolute Gasteiger partial charge is 0.254 e. The van der Waals surface area contributed by atoms with Crippen molar-refractivity contribution in [3.63, 3.8) is 0 Å². The first-order valence-electron chi connectivity index (χ1n) is 12.0. The molecular weight excluding hydrogens is 438 g/mol. The van der Waals surface area contributed by atoms with Gasteiger partial charge in [0.05, 0.1) is 11.9 Å². The number of carbonyl (C=O) groups excluding carboxylic acids is 1. The van der Waals surface area contributed by atoms with Gasteiger partial charge in [-0.2, -0.15) is 0 Å². The Kier molecular flexibility index (Phi) is 6.57. The fraction of sp³-hybridized carbons (Fsp3) is 0.286. The maximum atomic E-state index is 13.6. The van der Waals surface area contributed by atoms with Crippen molar-refractivity contribution in [2.45, 2.75) is 39.2 Å². The lowest BCUT2D eigenvalue weighted by atomic mass is 9.94. The third-order valence-electron chi connectivity index (χ3n) is 6.58. The van der Waals surface area contributed by atoms with Gasteiger partial charge in [0.15, 0.2) is 0 Å². The van der Waals surface area contributed by atoms with Crippen molar-refractivity contribution < 1.29 is 9.53 Å². The van der Waals surface area contributed by atoms with E-state index >= 15 is 0 Å². The zero-order valence-electron chi connectivity index (χ0n) is 20.1. The molecule has 0 radical (unpaired) electrons. The van der Waals surface area contributed by atoms with Crippen LogP contribution >= 0.6 is 0 Å². The van der Waals surface area contributed by atoms with Crippen molar-refractivity contribution in [1.29, 1.82) is 0 Å². The first-order valence-corrected chi connectivity index (χ1v) is 12.0. The summed E-state index contributed by atoms with van der Waals surface area (Å²) in [5.41, 5.74) is 3.63. The molecule has 0 N–H and O–H groups in total. The van der Waals surface area contributed by atoms with Crippen LogP contribution in [-0.4, -0.2) is 43.4 Å². The Bertz CT molecular complexity index is 1330. The molecule has 0 spiro atoms. The molecule has 0 bridgehead atoms. The predicted molar refractivity (Wildman–Crippen MR) is 134 cm³/mol. The van der Waals surface area contributed by atoms with E-state index in [1.165, 1.54) is 0 Å². The summed E-state index contributed by atoms with van der Waals surface area (Å²) in [6.07, 6.45) is 9.03. The molecule has 5 rings (SSSR count). The van der Waals surface area contributed by atoms with E-state index in [2.05, 4.69) is 14.5 Å². The molecular formula is C28H29N5O2. The SMILES string of the molecule is Cc1ccccc1Oc1cncc([C@@H]2CCCN(C(=O)c3ccccc3Cn3ccnc3C)C2)n1. The number of aryl methyl sites for hydroxylation is 2. The van der Waals surface area contributed by atoms with Crippen LogP contribution in [0.2, 0.25) is 0 Å². The van der Waals surface area contributed by atoms with E-state index in [1.807, 2.05) is 73.5 Å². The summed E-state index contributed by atoms with van der Waals surface area (Å²) < 4.78 is 8.05. The molecule has 1 fully saturated rings. The number of benzene rings is 2. The molecule has 3 heterocycles. The Balaban J connectivity index is 1.32. The molecule has 0 saturated carbocycles. The first-order chi connectivity index (χ1) is 17.1. The average Bonchev–Trinajstić information content (AvgIpc) is 3.30. The van der Waals surface area contributed by atoms with Crippen LogP contribution in [0.25, 0.3) is 0 Å². The second kappa shape index (κ2) is 10.1.